The molecule has 0 aromatic heterocycles. The van der Waals surface area contributed by atoms with Crippen LogP contribution in [0.25, 0.3) is 0 Å². The molecule has 1 aromatic carbocycles. The van der Waals surface area contributed by atoms with Gasteiger partial charge in [-0.05, 0) is 30.4 Å². The normalized spacial score (nSPS) is 25.9. The molecule has 2 atom stereocenters. The number of carbonyl (C=O) groups excluding carboxylic acids is 1. The Kier molecular flexibility index (Phi) is 3.80. The van der Waals surface area contributed by atoms with Crippen LogP contribution in [0.4, 0.5) is 0 Å². The third-order valence-corrected chi connectivity index (χ3v) is 3.78. The molecule has 1 aromatic rings. The van der Waals surface area contributed by atoms with E-state index in [0.29, 0.717) is 6.61 Å². The highest BCUT2D eigenvalue weighted by Crippen LogP contribution is 2.24. The largest absolute Gasteiger partial charge is 0.462 e. The fraction of sp³-hybridized carbons (Fsp3) is 0.533. The van der Waals surface area contributed by atoms with Gasteiger partial charge in [-0.25, -0.2) is 4.79 Å². The molecule has 0 saturated carbocycles. The van der Waals surface area contributed by atoms with Gasteiger partial charge < -0.3 is 14.8 Å². The second kappa shape index (κ2) is 5.72. The van der Waals surface area contributed by atoms with Crippen molar-refractivity contribution in [3.8, 4) is 0 Å². The lowest BCUT2D eigenvalue weighted by atomic mass is 9.94. The third kappa shape index (κ3) is 2.80. The van der Waals surface area contributed by atoms with Crippen LogP contribution in [-0.2, 0) is 20.7 Å². The summed E-state index contributed by atoms with van der Waals surface area (Å²) in [5, 5.41) is 3.24. The number of nitrogens with one attached hydrogen (secondary N) is 1. The SMILES string of the molecule is O=C(OCC1CCCO1)C1NCCc2ccccc21. The van der Waals surface area contributed by atoms with Crippen molar-refractivity contribution >= 4 is 5.97 Å². The first-order chi connectivity index (χ1) is 9.34. The van der Waals surface area contributed by atoms with Crippen LogP contribution in [0, 0.1) is 0 Å². The van der Waals surface area contributed by atoms with Gasteiger partial charge in [-0.2, -0.15) is 0 Å². The summed E-state index contributed by atoms with van der Waals surface area (Å²) < 4.78 is 10.9. The zero-order valence-corrected chi connectivity index (χ0v) is 10.9. The van der Waals surface area contributed by atoms with E-state index < -0.39 is 0 Å². The van der Waals surface area contributed by atoms with Crippen molar-refractivity contribution in [1.29, 1.82) is 0 Å². The monoisotopic (exact) mass is 261 g/mol. The standard InChI is InChI=1S/C15H19NO3/c17-15(19-10-12-5-3-9-18-12)14-13-6-2-1-4-11(13)7-8-16-14/h1-2,4,6,12,14,16H,3,5,7-10H2. The second-order valence-corrected chi connectivity index (χ2v) is 5.10. The van der Waals surface area contributed by atoms with Gasteiger partial charge >= 0.3 is 5.97 Å². The summed E-state index contributed by atoms with van der Waals surface area (Å²) in [6.07, 6.45) is 3.10. The van der Waals surface area contributed by atoms with Crippen LogP contribution >= 0.6 is 0 Å². The molecule has 2 aliphatic heterocycles. The van der Waals surface area contributed by atoms with Gasteiger partial charge in [0.25, 0.3) is 0 Å². The molecular formula is C15H19NO3. The Morgan fingerprint density at radius 1 is 1.42 bits per heavy atom. The molecule has 0 bridgehead atoms. The van der Waals surface area contributed by atoms with Crippen molar-refractivity contribution in [2.75, 3.05) is 19.8 Å². The summed E-state index contributed by atoms with van der Waals surface area (Å²) in [5.74, 6) is -0.192. The molecule has 0 aliphatic carbocycles. The van der Waals surface area contributed by atoms with Crippen molar-refractivity contribution in [2.45, 2.75) is 31.4 Å². The van der Waals surface area contributed by atoms with Crippen molar-refractivity contribution in [1.82, 2.24) is 5.32 Å². The first-order valence-electron chi connectivity index (χ1n) is 6.94. The number of rotatable bonds is 3. The Balaban J connectivity index is 1.64. The summed E-state index contributed by atoms with van der Waals surface area (Å²) in [7, 11) is 0. The van der Waals surface area contributed by atoms with Gasteiger partial charge in [0.05, 0.1) is 6.10 Å². The predicted octanol–water partition coefficient (Wildman–Crippen LogP) is 1.60. The van der Waals surface area contributed by atoms with E-state index >= 15 is 0 Å². The van der Waals surface area contributed by atoms with E-state index in [9.17, 15) is 4.79 Å². The van der Waals surface area contributed by atoms with E-state index in [1.165, 1.54) is 5.56 Å². The molecule has 2 unspecified atom stereocenters. The second-order valence-electron chi connectivity index (χ2n) is 5.10. The number of esters is 1. The number of hydrogen-bond donors (Lipinski definition) is 1. The van der Waals surface area contributed by atoms with E-state index in [2.05, 4.69) is 11.4 Å². The van der Waals surface area contributed by atoms with Gasteiger partial charge in [-0.3, -0.25) is 0 Å². The Hall–Kier alpha value is -1.39. The van der Waals surface area contributed by atoms with Crippen LogP contribution in [0.1, 0.15) is 30.0 Å². The van der Waals surface area contributed by atoms with Crippen LogP contribution in [0.3, 0.4) is 0 Å². The van der Waals surface area contributed by atoms with Gasteiger partial charge in [0.2, 0.25) is 0 Å². The van der Waals surface area contributed by atoms with Crippen LogP contribution in [-0.4, -0.2) is 31.8 Å². The smallest absolute Gasteiger partial charge is 0.327 e. The highest BCUT2D eigenvalue weighted by molar-refractivity contribution is 5.78. The molecule has 0 amide bonds. The molecule has 0 radical (unpaired) electrons. The van der Waals surface area contributed by atoms with Crippen molar-refractivity contribution in [2.24, 2.45) is 0 Å². The summed E-state index contributed by atoms with van der Waals surface area (Å²) >= 11 is 0. The Labute approximate surface area is 113 Å². The first kappa shape index (κ1) is 12.6. The Morgan fingerprint density at radius 3 is 3.16 bits per heavy atom. The molecule has 1 saturated heterocycles. The topological polar surface area (TPSA) is 47.6 Å². The minimum Gasteiger partial charge on any atom is -0.462 e. The lowest BCUT2D eigenvalue weighted by molar-refractivity contribution is -0.149. The van der Waals surface area contributed by atoms with Gasteiger partial charge in [0.1, 0.15) is 12.6 Å². The van der Waals surface area contributed by atoms with E-state index in [-0.39, 0.29) is 18.1 Å². The predicted molar refractivity (Wildman–Crippen MR) is 70.8 cm³/mol. The fourth-order valence-electron chi connectivity index (χ4n) is 2.75. The maximum Gasteiger partial charge on any atom is 0.327 e. The zero-order valence-electron chi connectivity index (χ0n) is 10.9. The van der Waals surface area contributed by atoms with Gasteiger partial charge in [-0.1, -0.05) is 24.3 Å². The number of carbonyl (C=O) groups is 1. The lowest BCUT2D eigenvalue weighted by Gasteiger charge is -2.25. The highest BCUT2D eigenvalue weighted by atomic mass is 16.6. The molecular weight excluding hydrogens is 242 g/mol. The zero-order chi connectivity index (χ0) is 13.1. The maximum atomic E-state index is 12.2. The molecule has 3 rings (SSSR count). The third-order valence-electron chi connectivity index (χ3n) is 3.78. The first-order valence-corrected chi connectivity index (χ1v) is 6.94. The van der Waals surface area contributed by atoms with E-state index in [1.54, 1.807) is 0 Å². The molecule has 102 valence electrons. The van der Waals surface area contributed by atoms with Crippen molar-refractivity contribution in [3.63, 3.8) is 0 Å². The van der Waals surface area contributed by atoms with Gasteiger partial charge in [-0.15, -0.1) is 0 Å². The Morgan fingerprint density at radius 2 is 2.32 bits per heavy atom. The van der Waals surface area contributed by atoms with Crippen LogP contribution in [0.15, 0.2) is 24.3 Å². The molecule has 2 heterocycles. The summed E-state index contributed by atoms with van der Waals surface area (Å²) in [6.45, 7) is 1.97. The minimum absolute atomic E-state index is 0.0859. The van der Waals surface area contributed by atoms with Crippen molar-refractivity contribution in [3.05, 3.63) is 35.4 Å². The van der Waals surface area contributed by atoms with E-state index in [0.717, 1.165) is 38.0 Å². The summed E-state index contributed by atoms with van der Waals surface area (Å²) in [6, 6.07) is 7.73. The average Bonchev–Trinajstić information content (AvgIpc) is 2.97. The van der Waals surface area contributed by atoms with Gasteiger partial charge in [0, 0.05) is 13.2 Å². The summed E-state index contributed by atoms with van der Waals surface area (Å²) in [5.41, 5.74) is 2.28. The number of hydrogen-bond acceptors (Lipinski definition) is 4. The lowest BCUT2D eigenvalue weighted by Crippen LogP contribution is -2.37. The van der Waals surface area contributed by atoms with Crippen LogP contribution in [0.2, 0.25) is 0 Å². The number of ether oxygens (including phenoxy) is 2. The highest BCUT2D eigenvalue weighted by Gasteiger charge is 2.28. The molecule has 4 heteroatoms. The molecule has 4 nitrogen and oxygen atoms in total. The number of fused-ring (bicyclic) bond motifs is 1. The van der Waals surface area contributed by atoms with Crippen LogP contribution in [0.5, 0.6) is 0 Å². The quantitative estimate of drug-likeness (QED) is 0.840. The molecule has 1 fully saturated rings. The molecule has 1 N–H and O–H groups in total. The van der Waals surface area contributed by atoms with E-state index in [1.807, 2.05) is 18.2 Å². The van der Waals surface area contributed by atoms with E-state index in [4.69, 9.17) is 9.47 Å². The maximum absolute atomic E-state index is 12.2. The summed E-state index contributed by atoms with van der Waals surface area (Å²) in [4.78, 5) is 12.2. The van der Waals surface area contributed by atoms with Crippen LogP contribution < -0.4 is 5.32 Å². The molecule has 0 spiro atoms. The van der Waals surface area contributed by atoms with Crippen molar-refractivity contribution < 1.29 is 14.3 Å². The van der Waals surface area contributed by atoms with Gasteiger partial charge in [0.15, 0.2) is 0 Å². The fourth-order valence-corrected chi connectivity index (χ4v) is 2.75. The molecule has 19 heavy (non-hydrogen) atoms. The minimum atomic E-state index is -0.327. The average molecular weight is 261 g/mol. The molecule has 2 aliphatic rings. The number of benzene rings is 1. The Bertz CT molecular complexity index is 454.